The van der Waals surface area contributed by atoms with Crippen molar-refractivity contribution in [3.8, 4) is 17.2 Å². The molecule has 4 nitrogen and oxygen atoms in total. The first kappa shape index (κ1) is 11.5. The number of ether oxygens (including phenoxy) is 1. The molecule has 4 heteroatoms. The number of aromatic hydroxyl groups is 2. The van der Waals surface area contributed by atoms with E-state index in [1.54, 1.807) is 12.1 Å². The second kappa shape index (κ2) is 3.82. The maximum Gasteiger partial charge on any atom is 0.157 e. The lowest BCUT2D eigenvalue weighted by atomic mass is 9.84. The van der Waals surface area contributed by atoms with Gasteiger partial charge in [-0.05, 0) is 35.7 Å². The Balaban J connectivity index is 1.90. The third kappa shape index (κ3) is 1.48. The Morgan fingerprint density at radius 1 is 1.05 bits per heavy atom. The van der Waals surface area contributed by atoms with E-state index in [9.17, 15) is 10.2 Å². The van der Waals surface area contributed by atoms with Crippen molar-refractivity contribution in [2.24, 2.45) is 5.92 Å². The number of phenolic OH excluding ortho intramolecular Hbond substituents is 2. The lowest BCUT2D eigenvalue weighted by Gasteiger charge is -2.29. The number of nitrogen functional groups attached to an aromatic ring is 1. The van der Waals surface area contributed by atoms with Gasteiger partial charge in [-0.1, -0.05) is 6.07 Å². The smallest absolute Gasteiger partial charge is 0.157 e. The van der Waals surface area contributed by atoms with Crippen molar-refractivity contribution in [1.82, 2.24) is 0 Å². The van der Waals surface area contributed by atoms with E-state index >= 15 is 0 Å². The molecule has 1 aliphatic heterocycles. The molecular weight excluding hydrogens is 254 g/mol. The fraction of sp³-hybridized carbons (Fsp3) is 0.250. The fourth-order valence-electron chi connectivity index (χ4n) is 3.46. The molecule has 2 aromatic rings. The minimum atomic E-state index is -0.0621. The second-order valence-electron chi connectivity index (χ2n) is 5.59. The molecule has 4 N–H and O–H groups in total. The molecule has 2 atom stereocenters. The average molecular weight is 269 g/mol. The molecule has 2 aliphatic rings. The summed E-state index contributed by atoms with van der Waals surface area (Å²) in [5.41, 5.74) is 9.77. The Bertz CT molecular complexity index is 711. The van der Waals surface area contributed by atoms with Crippen LogP contribution in [0, 0.1) is 5.92 Å². The fourth-order valence-corrected chi connectivity index (χ4v) is 3.46. The van der Waals surface area contributed by atoms with E-state index in [2.05, 4.69) is 0 Å². The molecule has 1 aliphatic carbocycles. The molecule has 1 unspecified atom stereocenters. The SMILES string of the molecule is Nc1ccc2c(c1)OCC1Cc3cc(O)c(O)cc3[C@H]21. The molecule has 4 rings (SSSR count). The summed E-state index contributed by atoms with van der Waals surface area (Å²) in [6.07, 6.45) is 0.859. The van der Waals surface area contributed by atoms with Crippen LogP contribution in [0.25, 0.3) is 0 Å². The van der Waals surface area contributed by atoms with Gasteiger partial charge in [0.1, 0.15) is 5.75 Å². The topological polar surface area (TPSA) is 75.7 Å². The summed E-state index contributed by atoms with van der Waals surface area (Å²) < 4.78 is 5.80. The molecule has 0 amide bonds. The van der Waals surface area contributed by atoms with Crippen LogP contribution in [-0.4, -0.2) is 16.8 Å². The van der Waals surface area contributed by atoms with Gasteiger partial charge in [-0.25, -0.2) is 0 Å². The Labute approximate surface area is 116 Å². The highest BCUT2D eigenvalue weighted by Crippen LogP contribution is 2.50. The van der Waals surface area contributed by atoms with Gasteiger partial charge in [0.2, 0.25) is 0 Å². The highest BCUT2D eigenvalue weighted by Gasteiger charge is 2.39. The van der Waals surface area contributed by atoms with Gasteiger partial charge in [-0.2, -0.15) is 0 Å². The van der Waals surface area contributed by atoms with Crippen molar-refractivity contribution in [2.75, 3.05) is 12.3 Å². The van der Waals surface area contributed by atoms with E-state index < -0.39 is 0 Å². The molecule has 2 aromatic carbocycles. The average Bonchev–Trinajstić information content (AvgIpc) is 2.77. The van der Waals surface area contributed by atoms with Gasteiger partial charge in [0.25, 0.3) is 0 Å². The van der Waals surface area contributed by atoms with E-state index in [4.69, 9.17) is 10.5 Å². The van der Waals surface area contributed by atoms with Crippen molar-refractivity contribution in [3.05, 3.63) is 47.0 Å². The number of phenols is 2. The number of hydrogen-bond acceptors (Lipinski definition) is 4. The zero-order valence-electron chi connectivity index (χ0n) is 10.8. The molecule has 0 aromatic heterocycles. The van der Waals surface area contributed by atoms with E-state index in [1.165, 1.54) is 0 Å². The van der Waals surface area contributed by atoms with Crippen LogP contribution >= 0.6 is 0 Å². The molecule has 0 radical (unpaired) electrons. The standard InChI is InChI=1S/C16H15NO3/c17-10-1-2-11-15(5-10)20-7-9-3-8-4-13(18)14(19)6-12(8)16(9)11/h1-2,4-6,9,16,18-19H,3,7,17H2/t9?,16-/m0/s1. The van der Waals surface area contributed by atoms with Gasteiger partial charge in [-0.3, -0.25) is 0 Å². The molecule has 1 heterocycles. The third-order valence-electron chi connectivity index (χ3n) is 4.35. The van der Waals surface area contributed by atoms with Crippen molar-refractivity contribution < 1.29 is 14.9 Å². The van der Waals surface area contributed by atoms with Crippen molar-refractivity contribution in [1.29, 1.82) is 0 Å². The van der Waals surface area contributed by atoms with E-state index in [0.29, 0.717) is 18.2 Å². The second-order valence-corrected chi connectivity index (χ2v) is 5.59. The molecular formula is C16H15NO3. The predicted molar refractivity (Wildman–Crippen MR) is 75.2 cm³/mol. The van der Waals surface area contributed by atoms with Gasteiger partial charge in [0, 0.05) is 29.2 Å². The Morgan fingerprint density at radius 2 is 1.85 bits per heavy atom. The number of nitrogens with two attached hydrogens (primary N) is 1. The van der Waals surface area contributed by atoms with Gasteiger partial charge in [0.15, 0.2) is 11.5 Å². The van der Waals surface area contributed by atoms with Gasteiger partial charge in [-0.15, -0.1) is 0 Å². The van der Waals surface area contributed by atoms with Gasteiger partial charge >= 0.3 is 0 Å². The summed E-state index contributed by atoms with van der Waals surface area (Å²) in [6, 6.07) is 9.08. The summed E-state index contributed by atoms with van der Waals surface area (Å²) in [5, 5.41) is 19.4. The van der Waals surface area contributed by atoms with Crippen LogP contribution in [0.4, 0.5) is 5.69 Å². The van der Waals surface area contributed by atoms with Crippen LogP contribution in [0.2, 0.25) is 0 Å². The maximum absolute atomic E-state index is 9.76. The first-order chi connectivity index (χ1) is 9.63. The summed E-state index contributed by atoms with van der Waals surface area (Å²) in [7, 11) is 0. The Morgan fingerprint density at radius 3 is 2.70 bits per heavy atom. The summed E-state index contributed by atoms with van der Waals surface area (Å²) >= 11 is 0. The van der Waals surface area contributed by atoms with Gasteiger partial charge < -0.3 is 20.7 Å². The first-order valence-electron chi connectivity index (χ1n) is 6.70. The largest absolute Gasteiger partial charge is 0.504 e. The highest BCUT2D eigenvalue weighted by molar-refractivity contribution is 5.58. The molecule has 0 saturated heterocycles. The number of anilines is 1. The lowest BCUT2D eigenvalue weighted by Crippen LogP contribution is -2.23. The highest BCUT2D eigenvalue weighted by atomic mass is 16.5. The molecule has 0 saturated carbocycles. The van der Waals surface area contributed by atoms with Crippen LogP contribution in [0.1, 0.15) is 22.6 Å². The van der Waals surface area contributed by atoms with Crippen molar-refractivity contribution in [3.63, 3.8) is 0 Å². The number of hydrogen-bond donors (Lipinski definition) is 3. The predicted octanol–water partition coefficient (Wildman–Crippen LogP) is 2.38. The summed E-state index contributed by atoms with van der Waals surface area (Å²) in [6.45, 7) is 0.636. The molecule has 20 heavy (non-hydrogen) atoms. The van der Waals surface area contributed by atoms with E-state index in [1.807, 2.05) is 18.2 Å². The zero-order chi connectivity index (χ0) is 13.9. The van der Waals surface area contributed by atoms with Crippen LogP contribution in [-0.2, 0) is 6.42 Å². The minimum Gasteiger partial charge on any atom is -0.504 e. The monoisotopic (exact) mass is 269 g/mol. The van der Waals surface area contributed by atoms with Gasteiger partial charge in [0.05, 0.1) is 6.61 Å². The number of benzene rings is 2. The van der Waals surface area contributed by atoms with E-state index in [0.717, 1.165) is 28.9 Å². The third-order valence-corrected chi connectivity index (χ3v) is 4.35. The molecule has 0 fully saturated rings. The van der Waals surface area contributed by atoms with Crippen molar-refractivity contribution in [2.45, 2.75) is 12.3 Å². The van der Waals surface area contributed by atoms with E-state index in [-0.39, 0.29) is 17.4 Å². The molecule has 102 valence electrons. The summed E-state index contributed by atoms with van der Waals surface area (Å²) in [4.78, 5) is 0. The van der Waals surface area contributed by atoms with Crippen LogP contribution in [0.15, 0.2) is 30.3 Å². The molecule has 0 bridgehead atoms. The van der Waals surface area contributed by atoms with Crippen LogP contribution in [0.5, 0.6) is 17.2 Å². The Hall–Kier alpha value is -2.36. The normalized spacial score (nSPS) is 22.6. The Kier molecular flexibility index (Phi) is 2.19. The maximum atomic E-state index is 9.76. The molecule has 0 spiro atoms. The number of fused-ring (bicyclic) bond motifs is 5. The zero-order valence-corrected chi connectivity index (χ0v) is 10.8. The summed E-state index contributed by atoms with van der Waals surface area (Å²) in [5.74, 6) is 1.27. The van der Waals surface area contributed by atoms with Crippen LogP contribution < -0.4 is 10.5 Å². The number of rotatable bonds is 0. The van der Waals surface area contributed by atoms with Crippen LogP contribution in [0.3, 0.4) is 0 Å². The minimum absolute atomic E-state index is 0.0548. The van der Waals surface area contributed by atoms with Crippen molar-refractivity contribution >= 4 is 5.69 Å². The quantitative estimate of drug-likeness (QED) is 0.507. The lowest BCUT2D eigenvalue weighted by molar-refractivity contribution is 0.215. The first-order valence-corrected chi connectivity index (χ1v) is 6.70.